The van der Waals surface area contributed by atoms with Crippen LogP contribution in [0.2, 0.25) is 0 Å². The van der Waals surface area contributed by atoms with Gasteiger partial charge in [0.05, 0.1) is 6.54 Å². The maximum atomic E-state index is 12.6. The van der Waals surface area contributed by atoms with Crippen molar-refractivity contribution in [3.63, 3.8) is 0 Å². The van der Waals surface area contributed by atoms with Gasteiger partial charge in [-0.3, -0.25) is 9.59 Å². The minimum atomic E-state index is -0.0259. The SMILES string of the molecule is C=CCN(CC=C)C(=O)CNc1ccc(C(=O)N(CCC)CCC)cc1. The zero-order chi connectivity index (χ0) is 19.4. The Morgan fingerprint density at radius 2 is 1.50 bits per heavy atom. The second-order valence-corrected chi connectivity index (χ2v) is 6.10. The second-order valence-electron chi connectivity index (χ2n) is 6.10. The van der Waals surface area contributed by atoms with Gasteiger partial charge >= 0.3 is 0 Å². The first-order valence-corrected chi connectivity index (χ1v) is 9.20. The van der Waals surface area contributed by atoms with Crippen molar-refractivity contribution in [1.82, 2.24) is 9.80 Å². The van der Waals surface area contributed by atoms with E-state index in [0.29, 0.717) is 18.7 Å². The number of hydrogen-bond acceptors (Lipinski definition) is 3. The van der Waals surface area contributed by atoms with Gasteiger partial charge in [0.1, 0.15) is 0 Å². The normalized spacial score (nSPS) is 10.1. The van der Waals surface area contributed by atoms with Crippen molar-refractivity contribution in [2.24, 2.45) is 0 Å². The zero-order valence-corrected chi connectivity index (χ0v) is 16.0. The number of carbonyl (C=O) groups excluding carboxylic acids is 2. The van der Waals surface area contributed by atoms with Crippen LogP contribution in [0.25, 0.3) is 0 Å². The molecule has 0 aliphatic rings. The Labute approximate surface area is 157 Å². The molecular weight excluding hydrogens is 326 g/mol. The van der Waals surface area contributed by atoms with Gasteiger partial charge in [-0.05, 0) is 37.1 Å². The minimum Gasteiger partial charge on any atom is -0.376 e. The highest BCUT2D eigenvalue weighted by molar-refractivity contribution is 5.94. The molecule has 5 heteroatoms. The van der Waals surface area contributed by atoms with Crippen molar-refractivity contribution >= 4 is 17.5 Å². The smallest absolute Gasteiger partial charge is 0.253 e. The maximum Gasteiger partial charge on any atom is 0.253 e. The Hall–Kier alpha value is -2.56. The third-order valence-electron chi connectivity index (χ3n) is 3.90. The molecule has 0 heterocycles. The molecule has 26 heavy (non-hydrogen) atoms. The van der Waals surface area contributed by atoms with Crippen LogP contribution in [-0.4, -0.2) is 54.3 Å². The van der Waals surface area contributed by atoms with Crippen LogP contribution < -0.4 is 5.32 Å². The van der Waals surface area contributed by atoms with Crippen molar-refractivity contribution in [3.05, 3.63) is 55.1 Å². The van der Waals surface area contributed by atoms with E-state index in [1.54, 1.807) is 29.2 Å². The first-order valence-electron chi connectivity index (χ1n) is 9.20. The Morgan fingerprint density at radius 1 is 0.962 bits per heavy atom. The van der Waals surface area contributed by atoms with Crippen molar-refractivity contribution in [2.45, 2.75) is 26.7 Å². The molecular formula is C21H31N3O2. The topological polar surface area (TPSA) is 52.7 Å². The summed E-state index contributed by atoms with van der Waals surface area (Å²) in [4.78, 5) is 28.3. The Morgan fingerprint density at radius 3 is 1.96 bits per heavy atom. The molecule has 0 radical (unpaired) electrons. The average Bonchev–Trinajstić information content (AvgIpc) is 2.65. The lowest BCUT2D eigenvalue weighted by molar-refractivity contribution is -0.128. The van der Waals surface area contributed by atoms with Crippen molar-refractivity contribution in [1.29, 1.82) is 0 Å². The molecule has 142 valence electrons. The molecule has 1 aromatic rings. The fourth-order valence-electron chi connectivity index (χ4n) is 2.65. The van der Waals surface area contributed by atoms with E-state index in [0.717, 1.165) is 31.6 Å². The van der Waals surface area contributed by atoms with Crippen molar-refractivity contribution in [2.75, 3.05) is 38.0 Å². The monoisotopic (exact) mass is 357 g/mol. The summed E-state index contributed by atoms with van der Waals surface area (Å²) in [7, 11) is 0. The lowest BCUT2D eigenvalue weighted by Gasteiger charge is -2.22. The molecule has 0 saturated carbocycles. The van der Waals surface area contributed by atoms with Gasteiger partial charge in [0.2, 0.25) is 5.91 Å². The quantitative estimate of drug-likeness (QED) is 0.582. The van der Waals surface area contributed by atoms with Crippen LogP contribution in [-0.2, 0) is 4.79 Å². The number of amides is 2. The highest BCUT2D eigenvalue weighted by Crippen LogP contribution is 2.12. The largest absolute Gasteiger partial charge is 0.376 e. The van der Waals surface area contributed by atoms with Crippen LogP contribution in [0.4, 0.5) is 5.69 Å². The van der Waals surface area contributed by atoms with E-state index < -0.39 is 0 Å². The van der Waals surface area contributed by atoms with Gasteiger partial charge in [-0.25, -0.2) is 0 Å². The Kier molecular flexibility index (Phi) is 9.83. The van der Waals surface area contributed by atoms with Crippen molar-refractivity contribution < 1.29 is 9.59 Å². The van der Waals surface area contributed by atoms with Crippen LogP contribution in [0.15, 0.2) is 49.6 Å². The zero-order valence-electron chi connectivity index (χ0n) is 16.0. The molecule has 5 nitrogen and oxygen atoms in total. The third-order valence-corrected chi connectivity index (χ3v) is 3.90. The molecule has 0 aliphatic carbocycles. The number of nitrogens with zero attached hydrogens (tertiary/aromatic N) is 2. The summed E-state index contributed by atoms with van der Waals surface area (Å²) in [5.74, 6) is 0.0292. The first-order chi connectivity index (χ1) is 12.6. The van der Waals surface area contributed by atoms with E-state index in [9.17, 15) is 9.59 Å². The highest BCUT2D eigenvalue weighted by atomic mass is 16.2. The summed E-state index contributed by atoms with van der Waals surface area (Å²) in [6, 6.07) is 7.28. The standard InChI is InChI=1S/C21H31N3O2/c1-5-13-23(14-6-2)20(25)17-22-19-11-9-18(10-12-19)21(26)24(15-7-3)16-8-4/h5-6,9-12,22H,1-2,7-8,13-17H2,3-4H3. The van der Waals surface area contributed by atoms with Gasteiger partial charge in [-0.1, -0.05) is 26.0 Å². The number of hydrogen-bond donors (Lipinski definition) is 1. The summed E-state index contributed by atoms with van der Waals surface area (Å²) in [5, 5.41) is 3.10. The lowest BCUT2D eigenvalue weighted by Crippen LogP contribution is -2.35. The number of benzene rings is 1. The van der Waals surface area contributed by atoms with E-state index in [4.69, 9.17) is 0 Å². The number of rotatable bonds is 12. The van der Waals surface area contributed by atoms with Gasteiger partial charge in [-0.15, -0.1) is 13.2 Å². The number of anilines is 1. The van der Waals surface area contributed by atoms with E-state index in [1.165, 1.54) is 0 Å². The summed E-state index contributed by atoms with van der Waals surface area (Å²) >= 11 is 0. The van der Waals surface area contributed by atoms with Crippen LogP contribution >= 0.6 is 0 Å². The lowest BCUT2D eigenvalue weighted by atomic mass is 10.1. The molecule has 2 amide bonds. The summed E-state index contributed by atoms with van der Waals surface area (Å²) in [6.07, 6.45) is 5.28. The fourth-order valence-corrected chi connectivity index (χ4v) is 2.65. The van der Waals surface area contributed by atoms with Gasteiger partial charge in [0.25, 0.3) is 5.91 Å². The van der Waals surface area contributed by atoms with Gasteiger partial charge in [0.15, 0.2) is 0 Å². The van der Waals surface area contributed by atoms with E-state index in [2.05, 4.69) is 32.3 Å². The summed E-state index contributed by atoms with van der Waals surface area (Å²) in [5.41, 5.74) is 1.48. The maximum absolute atomic E-state index is 12.6. The summed E-state index contributed by atoms with van der Waals surface area (Å²) < 4.78 is 0. The third kappa shape index (κ3) is 6.75. The van der Waals surface area contributed by atoms with Crippen molar-refractivity contribution in [3.8, 4) is 0 Å². The molecule has 1 N–H and O–H groups in total. The van der Waals surface area contributed by atoms with Crippen LogP contribution in [0, 0.1) is 0 Å². The molecule has 1 aromatic carbocycles. The molecule has 0 aromatic heterocycles. The first kappa shape index (κ1) is 21.5. The Balaban J connectivity index is 2.66. The van der Waals surface area contributed by atoms with Crippen LogP contribution in [0.5, 0.6) is 0 Å². The molecule has 0 saturated heterocycles. The molecule has 0 bridgehead atoms. The molecule has 0 fully saturated rings. The summed E-state index contributed by atoms with van der Waals surface area (Å²) in [6.45, 7) is 14.2. The molecule has 0 spiro atoms. The number of nitrogens with one attached hydrogen (secondary N) is 1. The van der Waals surface area contributed by atoms with E-state index in [-0.39, 0.29) is 18.4 Å². The highest BCUT2D eigenvalue weighted by Gasteiger charge is 2.14. The van der Waals surface area contributed by atoms with Gasteiger partial charge in [-0.2, -0.15) is 0 Å². The van der Waals surface area contributed by atoms with Gasteiger partial charge < -0.3 is 15.1 Å². The van der Waals surface area contributed by atoms with Crippen LogP contribution in [0.1, 0.15) is 37.0 Å². The van der Waals surface area contributed by atoms with E-state index in [1.807, 2.05) is 17.0 Å². The van der Waals surface area contributed by atoms with Gasteiger partial charge in [0, 0.05) is 37.4 Å². The average molecular weight is 357 g/mol. The molecule has 0 aliphatic heterocycles. The predicted molar refractivity (Wildman–Crippen MR) is 108 cm³/mol. The molecule has 0 unspecified atom stereocenters. The molecule has 0 atom stereocenters. The fraction of sp³-hybridized carbons (Fsp3) is 0.429. The van der Waals surface area contributed by atoms with E-state index >= 15 is 0 Å². The predicted octanol–water partition coefficient (Wildman–Crippen LogP) is 3.56. The minimum absolute atomic E-state index is 0.0259. The number of carbonyl (C=O) groups is 2. The van der Waals surface area contributed by atoms with Crippen LogP contribution in [0.3, 0.4) is 0 Å². The molecule has 1 rings (SSSR count). The second kappa shape index (κ2) is 11.9. The Bertz CT molecular complexity index is 580.